The molecule has 0 unspecified atom stereocenters. The van der Waals surface area contributed by atoms with Gasteiger partial charge in [0.05, 0.1) is 0 Å². The van der Waals surface area contributed by atoms with Crippen molar-refractivity contribution < 1.29 is 4.79 Å². The highest BCUT2D eigenvalue weighted by Crippen LogP contribution is 2.27. The molecule has 1 saturated carbocycles. The van der Waals surface area contributed by atoms with Crippen LogP contribution >= 0.6 is 0 Å². The minimum absolute atomic E-state index is 0.114. The van der Waals surface area contributed by atoms with Gasteiger partial charge in [-0.15, -0.1) is 0 Å². The van der Waals surface area contributed by atoms with Gasteiger partial charge in [0.2, 0.25) is 5.91 Å². The number of piperazine rings is 1. The normalized spacial score (nSPS) is 30.2. The minimum Gasteiger partial charge on any atom is -0.354 e. The molecule has 1 heterocycles. The molecule has 1 amide bonds. The van der Waals surface area contributed by atoms with Gasteiger partial charge in [-0.3, -0.25) is 10.6 Å². The van der Waals surface area contributed by atoms with Crippen LogP contribution in [0, 0.1) is 5.92 Å². The summed E-state index contributed by atoms with van der Waals surface area (Å²) < 4.78 is 0. The molecule has 1 aliphatic heterocycles. The van der Waals surface area contributed by atoms with E-state index in [9.17, 15) is 4.79 Å². The molecule has 0 atom stereocenters. The highest BCUT2D eigenvalue weighted by molar-refractivity contribution is 5.73. The van der Waals surface area contributed by atoms with E-state index in [0.29, 0.717) is 6.04 Å². The molecule has 0 spiro atoms. The van der Waals surface area contributed by atoms with Gasteiger partial charge in [0.15, 0.2) is 0 Å². The van der Waals surface area contributed by atoms with Crippen molar-refractivity contribution in [1.29, 1.82) is 0 Å². The number of nitrogens with zero attached hydrogens (tertiary/aromatic N) is 2. The van der Waals surface area contributed by atoms with Crippen molar-refractivity contribution in [3.05, 3.63) is 0 Å². The molecule has 3 N–H and O–H groups in total. The Morgan fingerprint density at radius 1 is 1.16 bits per heavy atom. The fourth-order valence-electron chi connectivity index (χ4n) is 3.24. The van der Waals surface area contributed by atoms with E-state index in [1.165, 1.54) is 25.8 Å². The predicted molar refractivity (Wildman–Crippen MR) is 76.4 cm³/mol. The molecule has 5 nitrogen and oxygen atoms in total. The van der Waals surface area contributed by atoms with Gasteiger partial charge in [0.1, 0.15) is 0 Å². The lowest BCUT2D eigenvalue weighted by molar-refractivity contribution is -0.119. The van der Waals surface area contributed by atoms with Crippen molar-refractivity contribution in [2.24, 2.45) is 11.8 Å². The first-order chi connectivity index (χ1) is 9.13. The zero-order valence-corrected chi connectivity index (χ0v) is 12.1. The fraction of sp³-hybridized carbons (Fsp3) is 0.929. The lowest BCUT2D eigenvalue weighted by atomic mass is 9.84. The Morgan fingerprint density at radius 2 is 1.79 bits per heavy atom. The van der Waals surface area contributed by atoms with E-state index in [0.717, 1.165) is 44.9 Å². The van der Waals surface area contributed by atoms with E-state index in [4.69, 9.17) is 5.84 Å². The highest BCUT2D eigenvalue weighted by atomic mass is 16.1. The van der Waals surface area contributed by atoms with Gasteiger partial charge >= 0.3 is 0 Å². The summed E-state index contributed by atoms with van der Waals surface area (Å²) in [6.45, 7) is 7.03. The highest BCUT2D eigenvalue weighted by Gasteiger charge is 2.22. The fourth-order valence-corrected chi connectivity index (χ4v) is 3.24. The number of amides is 1. The number of nitrogens with two attached hydrogens (primary N) is 1. The minimum atomic E-state index is 0.114. The number of nitrogens with one attached hydrogen (secondary N) is 1. The summed E-state index contributed by atoms with van der Waals surface area (Å²) in [6, 6.07) is 0.425. The Kier molecular flexibility index (Phi) is 5.60. The molecule has 110 valence electrons. The van der Waals surface area contributed by atoms with Crippen LogP contribution in [0.3, 0.4) is 0 Å². The molecule has 0 aromatic heterocycles. The van der Waals surface area contributed by atoms with Gasteiger partial charge in [-0.2, -0.15) is 0 Å². The molecule has 0 aromatic rings. The Morgan fingerprint density at radius 3 is 2.37 bits per heavy atom. The second kappa shape index (κ2) is 7.22. The number of carbonyl (C=O) groups is 1. The number of hydrazine groups is 1. The number of hydrogen-bond acceptors (Lipinski definition) is 4. The molecule has 0 radical (unpaired) electrons. The molecule has 2 fully saturated rings. The molecule has 2 rings (SSSR count). The Balaban J connectivity index is 1.59. The van der Waals surface area contributed by atoms with Crippen LogP contribution in [-0.4, -0.2) is 54.6 Å². The van der Waals surface area contributed by atoms with Gasteiger partial charge < -0.3 is 10.2 Å². The SMILES string of the molecule is CC(=O)NC1CCC(CCN2CCN(N)CC2)CC1. The first-order valence-corrected chi connectivity index (χ1v) is 7.62. The lowest BCUT2D eigenvalue weighted by Crippen LogP contribution is -2.49. The predicted octanol–water partition coefficient (Wildman–Crippen LogP) is 0.563. The van der Waals surface area contributed by atoms with Gasteiger partial charge in [-0.1, -0.05) is 0 Å². The van der Waals surface area contributed by atoms with Gasteiger partial charge in [0, 0.05) is 39.1 Å². The molecule has 2 aliphatic rings. The van der Waals surface area contributed by atoms with Gasteiger partial charge in [-0.25, -0.2) is 5.01 Å². The molecule has 19 heavy (non-hydrogen) atoms. The molecule has 5 heteroatoms. The summed E-state index contributed by atoms with van der Waals surface area (Å²) in [7, 11) is 0. The third-order valence-corrected chi connectivity index (χ3v) is 4.51. The average molecular weight is 268 g/mol. The summed E-state index contributed by atoms with van der Waals surface area (Å²) in [5.74, 6) is 6.73. The Labute approximate surface area is 116 Å². The molecule has 0 aromatic carbocycles. The zero-order valence-electron chi connectivity index (χ0n) is 12.1. The molecule has 1 saturated heterocycles. The smallest absolute Gasteiger partial charge is 0.217 e. The van der Waals surface area contributed by atoms with Gasteiger partial charge in [0.25, 0.3) is 0 Å². The van der Waals surface area contributed by atoms with Crippen molar-refractivity contribution in [3.63, 3.8) is 0 Å². The second-order valence-corrected chi connectivity index (χ2v) is 6.08. The van der Waals surface area contributed by atoms with Crippen LogP contribution in [0.1, 0.15) is 39.0 Å². The number of carbonyl (C=O) groups excluding carboxylic acids is 1. The van der Waals surface area contributed by atoms with Crippen molar-refractivity contribution in [1.82, 2.24) is 15.2 Å². The van der Waals surface area contributed by atoms with Crippen LogP contribution in [-0.2, 0) is 4.79 Å². The maximum absolute atomic E-state index is 11.0. The number of rotatable bonds is 4. The standard InChI is InChI=1S/C14H28N4O/c1-12(19)16-14-4-2-13(3-5-14)6-7-17-8-10-18(15)11-9-17/h13-14H,2-11,15H2,1H3,(H,16,19). The van der Waals surface area contributed by atoms with Crippen molar-refractivity contribution in [3.8, 4) is 0 Å². The van der Waals surface area contributed by atoms with Crippen LogP contribution in [0.5, 0.6) is 0 Å². The summed E-state index contributed by atoms with van der Waals surface area (Å²) in [6.07, 6.45) is 6.14. The maximum atomic E-state index is 11.0. The number of hydrogen-bond donors (Lipinski definition) is 2. The molecule has 0 bridgehead atoms. The second-order valence-electron chi connectivity index (χ2n) is 6.08. The van der Waals surface area contributed by atoms with E-state index in [1.807, 2.05) is 5.01 Å². The zero-order chi connectivity index (χ0) is 13.7. The summed E-state index contributed by atoms with van der Waals surface area (Å²) >= 11 is 0. The third kappa shape index (κ3) is 5.09. The van der Waals surface area contributed by atoms with E-state index < -0.39 is 0 Å². The summed E-state index contributed by atoms with van der Waals surface area (Å²) in [5, 5.41) is 4.96. The lowest BCUT2D eigenvalue weighted by Gasteiger charge is -2.34. The Bertz CT molecular complexity index is 281. The first-order valence-electron chi connectivity index (χ1n) is 7.62. The largest absolute Gasteiger partial charge is 0.354 e. The quantitative estimate of drug-likeness (QED) is 0.732. The van der Waals surface area contributed by atoms with Crippen LogP contribution in [0.15, 0.2) is 0 Å². The van der Waals surface area contributed by atoms with E-state index in [1.54, 1.807) is 6.92 Å². The van der Waals surface area contributed by atoms with Crippen LogP contribution in [0.25, 0.3) is 0 Å². The van der Waals surface area contributed by atoms with E-state index in [-0.39, 0.29) is 5.91 Å². The van der Waals surface area contributed by atoms with Crippen LogP contribution in [0.2, 0.25) is 0 Å². The topological polar surface area (TPSA) is 61.6 Å². The maximum Gasteiger partial charge on any atom is 0.217 e. The summed E-state index contributed by atoms with van der Waals surface area (Å²) in [4.78, 5) is 13.6. The summed E-state index contributed by atoms with van der Waals surface area (Å²) in [5.41, 5.74) is 0. The van der Waals surface area contributed by atoms with Crippen molar-refractivity contribution >= 4 is 5.91 Å². The Hall–Kier alpha value is -0.650. The van der Waals surface area contributed by atoms with Gasteiger partial charge in [-0.05, 0) is 44.6 Å². The monoisotopic (exact) mass is 268 g/mol. The third-order valence-electron chi connectivity index (χ3n) is 4.51. The van der Waals surface area contributed by atoms with E-state index in [2.05, 4.69) is 10.2 Å². The average Bonchev–Trinajstić information content (AvgIpc) is 2.39. The molecular weight excluding hydrogens is 240 g/mol. The van der Waals surface area contributed by atoms with Crippen molar-refractivity contribution in [2.75, 3.05) is 32.7 Å². The van der Waals surface area contributed by atoms with E-state index >= 15 is 0 Å². The van der Waals surface area contributed by atoms with Crippen LogP contribution in [0.4, 0.5) is 0 Å². The molecular formula is C14H28N4O. The van der Waals surface area contributed by atoms with Crippen molar-refractivity contribution in [2.45, 2.75) is 45.1 Å². The molecule has 1 aliphatic carbocycles. The van der Waals surface area contributed by atoms with Crippen LogP contribution < -0.4 is 11.2 Å². The first kappa shape index (κ1) is 14.8.